The summed E-state index contributed by atoms with van der Waals surface area (Å²) in [5.41, 5.74) is 4.93. The minimum atomic E-state index is 0.0515. The minimum absolute atomic E-state index is 0.0515. The van der Waals surface area contributed by atoms with Crippen molar-refractivity contribution in [1.82, 2.24) is 4.90 Å². The Bertz CT molecular complexity index is 908. The summed E-state index contributed by atoms with van der Waals surface area (Å²) in [7, 11) is 6.76. The predicted molar refractivity (Wildman–Crippen MR) is 102 cm³/mol. The molecule has 0 unspecified atom stereocenters. The highest BCUT2D eigenvalue weighted by Gasteiger charge is 2.36. The molecule has 0 amide bonds. The first kappa shape index (κ1) is 17.8. The number of likely N-dealkylation sites (N-methyl/N-ethyl adjacent to an activating group) is 1. The zero-order valence-electron chi connectivity index (χ0n) is 16.1. The number of ether oxygens (including phenoxy) is 3. The second kappa shape index (κ2) is 6.53. The summed E-state index contributed by atoms with van der Waals surface area (Å²) >= 11 is 0. The maximum atomic E-state index is 10.7. The molecule has 6 heteroatoms. The molecule has 0 saturated heterocycles. The minimum Gasteiger partial charge on any atom is -0.504 e. The fourth-order valence-corrected chi connectivity index (χ4v) is 4.63. The number of nitrogens with zero attached hydrogens (tertiary/aromatic N) is 1. The predicted octanol–water partition coefficient (Wildman–Crippen LogP) is 3.27. The summed E-state index contributed by atoms with van der Waals surface area (Å²) in [6.07, 6.45) is 2.54. The molecule has 0 aromatic heterocycles. The van der Waals surface area contributed by atoms with Gasteiger partial charge >= 0.3 is 0 Å². The Morgan fingerprint density at radius 3 is 2.15 bits per heavy atom. The molecular formula is C21H25NO5. The van der Waals surface area contributed by atoms with Crippen molar-refractivity contribution >= 4 is 0 Å². The Morgan fingerprint density at radius 1 is 0.852 bits per heavy atom. The van der Waals surface area contributed by atoms with Crippen LogP contribution in [0.25, 0.3) is 11.1 Å². The van der Waals surface area contributed by atoms with Crippen molar-refractivity contribution in [3.8, 4) is 39.9 Å². The Kier molecular flexibility index (Phi) is 4.30. The molecule has 0 radical (unpaired) electrons. The van der Waals surface area contributed by atoms with Crippen LogP contribution in [0.1, 0.15) is 29.2 Å². The molecule has 144 valence electrons. The van der Waals surface area contributed by atoms with Crippen LogP contribution >= 0.6 is 0 Å². The van der Waals surface area contributed by atoms with Crippen LogP contribution in [0.3, 0.4) is 0 Å². The molecule has 2 N–H and O–H groups in total. The van der Waals surface area contributed by atoms with Crippen LogP contribution in [0.15, 0.2) is 12.1 Å². The molecule has 2 aliphatic rings. The number of phenols is 2. The lowest BCUT2D eigenvalue weighted by Crippen LogP contribution is -2.32. The SMILES string of the molecule is COc1c(O)cc2c(c1OC)-c1c(OC)c(O)cc3c1[C@H](CC2)N(C)CC3. The van der Waals surface area contributed by atoms with Crippen molar-refractivity contribution in [2.75, 3.05) is 34.9 Å². The van der Waals surface area contributed by atoms with Crippen molar-refractivity contribution < 1.29 is 24.4 Å². The quantitative estimate of drug-likeness (QED) is 0.863. The third-order valence-electron chi connectivity index (χ3n) is 5.83. The van der Waals surface area contributed by atoms with E-state index in [0.717, 1.165) is 48.1 Å². The molecule has 1 heterocycles. The number of rotatable bonds is 3. The molecule has 0 fully saturated rings. The largest absolute Gasteiger partial charge is 0.504 e. The second-order valence-electron chi connectivity index (χ2n) is 7.16. The van der Waals surface area contributed by atoms with E-state index in [1.54, 1.807) is 20.3 Å². The first-order chi connectivity index (χ1) is 13.0. The normalized spacial score (nSPS) is 18.3. The van der Waals surface area contributed by atoms with E-state index in [4.69, 9.17) is 14.2 Å². The van der Waals surface area contributed by atoms with Gasteiger partial charge in [0.15, 0.2) is 23.0 Å². The number of hydrogen-bond acceptors (Lipinski definition) is 6. The van der Waals surface area contributed by atoms with Crippen molar-refractivity contribution in [2.24, 2.45) is 0 Å². The smallest absolute Gasteiger partial charge is 0.203 e. The number of fused-ring (bicyclic) bond motifs is 2. The summed E-state index contributed by atoms with van der Waals surface area (Å²) in [6, 6.07) is 3.78. The summed E-state index contributed by atoms with van der Waals surface area (Å²) in [6.45, 7) is 0.935. The summed E-state index contributed by atoms with van der Waals surface area (Å²) in [4.78, 5) is 2.35. The van der Waals surface area contributed by atoms with Crippen LogP contribution in [-0.2, 0) is 12.8 Å². The van der Waals surface area contributed by atoms with Gasteiger partial charge in [0.1, 0.15) is 0 Å². The van der Waals surface area contributed by atoms with Crippen molar-refractivity contribution in [2.45, 2.75) is 25.3 Å². The highest BCUT2D eigenvalue weighted by atomic mass is 16.5. The molecular weight excluding hydrogens is 346 g/mol. The van der Waals surface area contributed by atoms with E-state index in [1.165, 1.54) is 12.7 Å². The fourth-order valence-electron chi connectivity index (χ4n) is 4.63. The van der Waals surface area contributed by atoms with E-state index in [1.807, 2.05) is 6.07 Å². The van der Waals surface area contributed by atoms with E-state index < -0.39 is 0 Å². The molecule has 2 aromatic rings. The highest BCUT2D eigenvalue weighted by molar-refractivity contribution is 5.88. The van der Waals surface area contributed by atoms with Crippen LogP contribution in [0.2, 0.25) is 0 Å². The second-order valence-corrected chi connectivity index (χ2v) is 7.16. The molecule has 2 aromatic carbocycles. The third-order valence-corrected chi connectivity index (χ3v) is 5.83. The Hall–Kier alpha value is -2.60. The lowest BCUT2D eigenvalue weighted by Gasteiger charge is -2.36. The Balaban J connectivity index is 2.16. The van der Waals surface area contributed by atoms with Crippen LogP contribution < -0.4 is 14.2 Å². The van der Waals surface area contributed by atoms with E-state index in [-0.39, 0.29) is 23.3 Å². The van der Waals surface area contributed by atoms with E-state index in [0.29, 0.717) is 11.5 Å². The van der Waals surface area contributed by atoms with E-state index in [9.17, 15) is 10.2 Å². The number of phenolic OH excluding ortho intramolecular Hbond substituents is 2. The molecule has 1 aliphatic carbocycles. The third kappa shape index (κ3) is 2.51. The molecule has 1 aliphatic heterocycles. The highest BCUT2D eigenvalue weighted by Crippen LogP contribution is 2.56. The van der Waals surface area contributed by atoms with Gasteiger partial charge < -0.3 is 24.4 Å². The maximum Gasteiger partial charge on any atom is 0.203 e. The molecule has 6 nitrogen and oxygen atoms in total. The summed E-state index contributed by atoms with van der Waals surface area (Å²) < 4.78 is 16.7. The van der Waals surface area contributed by atoms with Crippen molar-refractivity contribution in [3.05, 3.63) is 28.8 Å². The zero-order valence-corrected chi connectivity index (χ0v) is 16.1. The average molecular weight is 371 g/mol. The van der Waals surface area contributed by atoms with Crippen LogP contribution in [0.4, 0.5) is 0 Å². The lowest BCUT2D eigenvalue weighted by molar-refractivity contribution is 0.220. The number of aryl methyl sites for hydroxylation is 1. The summed E-state index contributed by atoms with van der Waals surface area (Å²) in [5, 5.41) is 21.1. The average Bonchev–Trinajstić information content (AvgIpc) is 2.82. The topological polar surface area (TPSA) is 71.4 Å². The molecule has 0 saturated carbocycles. The van der Waals surface area contributed by atoms with Gasteiger partial charge in [-0.2, -0.15) is 0 Å². The van der Waals surface area contributed by atoms with Crippen molar-refractivity contribution in [3.63, 3.8) is 0 Å². The van der Waals surface area contributed by atoms with E-state index >= 15 is 0 Å². The van der Waals surface area contributed by atoms with Crippen LogP contribution in [0.5, 0.6) is 28.7 Å². The molecule has 1 atom stereocenters. The Morgan fingerprint density at radius 2 is 1.48 bits per heavy atom. The van der Waals surface area contributed by atoms with Crippen LogP contribution in [0, 0.1) is 0 Å². The number of hydrogen-bond donors (Lipinski definition) is 2. The number of aromatic hydroxyl groups is 2. The van der Waals surface area contributed by atoms with Gasteiger partial charge in [-0.25, -0.2) is 0 Å². The fraction of sp³-hybridized carbons (Fsp3) is 0.429. The van der Waals surface area contributed by atoms with Gasteiger partial charge in [-0.3, -0.25) is 4.90 Å². The molecule has 0 bridgehead atoms. The Labute approximate surface area is 158 Å². The van der Waals surface area contributed by atoms with Gasteiger partial charge in [0.05, 0.1) is 21.3 Å². The van der Waals surface area contributed by atoms with Gasteiger partial charge in [0, 0.05) is 23.7 Å². The maximum absolute atomic E-state index is 10.7. The van der Waals surface area contributed by atoms with Gasteiger partial charge in [0.2, 0.25) is 5.75 Å². The lowest BCUT2D eigenvalue weighted by atomic mass is 9.85. The monoisotopic (exact) mass is 371 g/mol. The number of methoxy groups -OCH3 is 3. The van der Waals surface area contributed by atoms with Gasteiger partial charge in [-0.1, -0.05) is 0 Å². The first-order valence-corrected chi connectivity index (χ1v) is 9.11. The standard InChI is InChI=1S/C21H25NO5/c1-22-8-7-12-10-14(23)19(25-2)18-16(12)13(22)6-5-11-9-15(24)20(26-3)21(27-4)17(11)18/h9-10,13,23-24H,5-8H2,1-4H3/t13-/m0/s1. The van der Waals surface area contributed by atoms with E-state index in [2.05, 4.69) is 11.9 Å². The summed E-state index contributed by atoms with van der Waals surface area (Å²) in [5.74, 6) is 1.36. The van der Waals surface area contributed by atoms with Crippen molar-refractivity contribution in [1.29, 1.82) is 0 Å². The van der Waals surface area contributed by atoms with Gasteiger partial charge in [0.25, 0.3) is 0 Å². The first-order valence-electron chi connectivity index (χ1n) is 9.11. The molecule has 4 rings (SSSR count). The zero-order chi connectivity index (χ0) is 19.3. The number of benzene rings is 2. The van der Waals surface area contributed by atoms with Gasteiger partial charge in [-0.15, -0.1) is 0 Å². The molecule has 0 spiro atoms. The van der Waals surface area contributed by atoms with Gasteiger partial charge in [-0.05, 0) is 55.1 Å². The molecule has 27 heavy (non-hydrogen) atoms. The van der Waals surface area contributed by atoms with Crippen LogP contribution in [-0.4, -0.2) is 50.0 Å².